The van der Waals surface area contributed by atoms with E-state index < -0.39 is 0 Å². The molecule has 0 aliphatic rings. The molecule has 0 saturated carbocycles. The third kappa shape index (κ3) is 3.17. The third-order valence-electron chi connectivity index (χ3n) is 3.05. The van der Waals surface area contributed by atoms with Crippen LogP contribution in [0.5, 0.6) is 0 Å². The number of aliphatic hydroxyl groups excluding tert-OH is 1. The predicted molar refractivity (Wildman–Crippen MR) is 70.9 cm³/mol. The normalized spacial score (nSPS) is 10.9. The number of nitrogens with zero attached hydrogens (tertiary/aromatic N) is 3. The van der Waals surface area contributed by atoms with Gasteiger partial charge in [0.25, 0.3) is 0 Å². The van der Waals surface area contributed by atoms with Crippen molar-refractivity contribution in [3.8, 4) is 11.3 Å². The zero-order chi connectivity index (χ0) is 13.7. The Hall–Kier alpha value is -1.75. The third-order valence-corrected chi connectivity index (χ3v) is 3.05. The quantitative estimate of drug-likeness (QED) is 0.815. The van der Waals surface area contributed by atoms with Gasteiger partial charge in [0, 0.05) is 12.1 Å². The van der Waals surface area contributed by atoms with Gasteiger partial charge in [0.05, 0.1) is 12.3 Å². The van der Waals surface area contributed by atoms with E-state index in [2.05, 4.69) is 17.2 Å². The maximum atomic E-state index is 13.0. The summed E-state index contributed by atoms with van der Waals surface area (Å²) in [4.78, 5) is 0. The molecule has 5 heteroatoms. The van der Waals surface area contributed by atoms with E-state index in [0.29, 0.717) is 5.69 Å². The molecule has 2 aromatic rings. The number of aliphatic hydroxyl groups is 1. The highest BCUT2D eigenvalue weighted by molar-refractivity contribution is 5.61. The van der Waals surface area contributed by atoms with Gasteiger partial charge in [-0.05, 0) is 30.7 Å². The topological polar surface area (TPSA) is 50.9 Å². The molecule has 0 amide bonds. The molecule has 0 atom stereocenters. The number of unbranched alkanes of at least 4 members (excludes halogenated alkanes) is 2. The van der Waals surface area contributed by atoms with Crippen molar-refractivity contribution < 1.29 is 9.50 Å². The molecule has 0 aliphatic heterocycles. The van der Waals surface area contributed by atoms with Crippen LogP contribution in [-0.4, -0.2) is 20.1 Å². The number of aromatic nitrogens is 3. The molecule has 2 rings (SSSR count). The summed E-state index contributed by atoms with van der Waals surface area (Å²) in [5.41, 5.74) is 2.13. The number of benzene rings is 1. The van der Waals surface area contributed by atoms with Gasteiger partial charge in [-0.25, -0.2) is 9.07 Å². The monoisotopic (exact) mass is 263 g/mol. The first-order chi connectivity index (χ1) is 9.26. The van der Waals surface area contributed by atoms with Gasteiger partial charge in [-0.2, -0.15) is 0 Å². The van der Waals surface area contributed by atoms with E-state index in [1.807, 2.05) is 0 Å². The first-order valence-corrected chi connectivity index (χ1v) is 6.55. The highest BCUT2D eigenvalue weighted by Crippen LogP contribution is 2.23. The van der Waals surface area contributed by atoms with Gasteiger partial charge in [0.2, 0.25) is 0 Å². The molecule has 0 fully saturated rings. The van der Waals surface area contributed by atoms with Crippen molar-refractivity contribution >= 4 is 0 Å². The van der Waals surface area contributed by atoms with Gasteiger partial charge in [0.15, 0.2) is 0 Å². The number of hydrogen-bond donors (Lipinski definition) is 1. The van der Waals surface area contributed by atoms with Crippen LogP contribution < -0.4 is 0 Å². The summed E-state index contributed by atoms with van der Waals surface area (Å²) in [5.74, 6) is -0.278. The molecule has 0 radical (unpaired) electrons. The fraction of sp³-hybridized carbons (Fsp3) is 0.429. The van der Waals surface area contributed by atoms with Crippen molar-refractivity contribution in [2.45, 2.75) is 39.3 Å². The minimum Gasteiger partial charge on any atom is -0.390 e. The van der Waals surface area contributed by atoms with Gasteiger partial charge in [0.1, 0.15) is 11.5 Å². The smallest absolute Gasteiger partial charge is 0.123 e. The van der Waals surface area contributed by atoms with E-state index in [4.69, 9.17) is 0 Å². The van der Waals surface area contributed by atoms with Crippen LogP contribution in [0.4, 0.5) is 4.39 Å². The van der Waals surface area contributed by atoms with Crippen molar-refractivity contribution in [3.63, 3.8) is 0 Å². The predicted octanol–water partition coefficient (Wildman–Crippen LogP) is 2.77. The Bertz CT molecular complexity index is 522. The van der Waals surface area contributed by atoms with Gasteiger partial charge < -0.3 is 5.11 Å². The second-order valence-corrected chi connectivity index (χ2v) is 4.48. The van der Waals surface area contributed by atoms with E-state index in [-0.39, 0.29) is 12.4 Å². The Labute approximate surface area is 111 Å². The minimum absolute atomic E-state index is 0.166. The molecule has 0 bridgehead atoms. The molecule has 1 N–H and O–H groups in total. The largest absolute Gasteiger partial charge is 0.390 e. The Balaban J connectivity index is 2.30. The lowest BCUT2D eigenvalue weighted by atomic mass is 10.1. The average Bonchev–Trinajstić information content (AvgIpc) is 2.83. The second-order valence-electron chi connectivity index (χ2n) is 4.48. The first-order valence-electron chi connectivity index (χ1n) is 6.55. The lowest BCUT2D eigenvalue weighted by Gasteiger charge is -2.07. The summed E-state index contributed by atoms with van der Waals surface area (Å²) in [6.07, 6.45) is 3.27. The summed E-state index contributed by atoms with van der Waals surface area (Å²) < 4.78 is 14.8. The van der Waals surface area contributed by atoms with Gasteiger partial charge in [-0.3, -0.25) is 0 Å². The summed E-state index contributed by atoms with van der Waals surface area (Å²) in [6.45, 7) is 2.73. The molecule has 0 aliphatic carbocycles. The van der Waals surface area contributed by atoms with Gasteiger partial charge >= 0.3 is 0 Å². The van der Waals surface area contributed by atoms with Crippen LogP contribution in [0.3, 0.4) is 0 Å². The summed E-state index contributed by atoms with van der Waals surface area (Å²) in [5, 5.41) is 17.4. The zero-order valence-corrected chi connectivity index (χ0v) is 11.0. The van der Waals surface area contributed by atoms with E-state index in [9.17, 15) is 9.50 Å². The van der Waals surface area contributed by atoms with Crippen LogP contribution in [0.25, 0.3) is 11.3 Å². The van der Waals surface area contributed by atoms with Crippen molar-refractivity contribution in [1.82, 2.24) is 15.0 Å². The average molecular weight is 263 g/mol. The zero-order valence-electron chi connectivity index (χ0n) is 11.0. The number of halogens is 1. The van der Waals surface area contributed by atoms with Crippen LogP contribution in [0.15, 0.2) is 24.3 Å². The van der Waals surface area contributed by atoms with Crippen LogP contribution in [0.1, 0.15) is 31.9 Å². The Kier molecular flexibility index (Phi) is 4.63. The molecule has 0 spiro atoms. The van der Waals surface area contributed by atoms with E-state index in [1.165, 1.54) is 12.1 Å². The molecule has 102 valence electrons. The van der Waals surface area contributed by atoms with Crippen LogP contribution in [0, 0.1) is 5.82 Å². The Morgan fingerprint density at radius 1 is 1.21 bits per heavy atom. The minimum atomic E-state index is -0.278. The molecule has 1 heterocycles. The molecule has 19 heavy (non-hydrogen) atoms. The SMILES string of the molecule is CCCCCn1nnc(CO)c1-c1ccc(F)cc1. The molecule has 1 aromatic heterocycles. The summed E-state index contributed by atoms with van der Waals surface area (Å²) in [6, 6.07) is 6.17. The molecular weight excluding hydrogens is 245 g/mol. The fourth-order valence-electron chi connectivity index (χ4n) is 2.05. The maximum Gasteiger partial charge on any atom is 0.123 e. The highest BCUT2D eigenvalue weighted by Gasteiger charge is 2.13. The van der Waals surface area contributed by atoms with Crippen LogP contribution in [0.2, 0.25) is 0 Å². The number of hydrogen-bond acceptors (Lipinski definition) is 3. The van der Waals surface area contributed by atoms with E-state index >= 15 is 0 Å². The van der Waals surface area contributed by atoms with Crippen LogP contribution in [-0.2, 0) is 13.2 Å². The van der Waals surface area contributed by atoms with Gasteiger partial charge in [-0.15, -0.1) is 5.10 Å². The fourth-order valence-corrected chi connectivity index (χ4v) is 2.05. The van der Waals surface area contributed by atoms with Crippen LogP contribution >= 0.6 is 0 Å². The van der Waals surface area contributed by atoms with Crippen molar-refractivity contribution in [2.75, 3.05) is 0 Å². The summed E-state index contributed by atoms with van der Waals surface area (Å²) in [7, 11) is 0. The van der Waals surface area contributed by atoms with Gasteiger partial charge in [-0.1, -0.05) is 25.0 Å². The molecule has 1 aromatic carbocycles. The lowest BCUT2D eigenvalue weighted by Crippen LogP contribution is -2.03. The summed E-state index contributed by atoms with van der Waals surface area (Å²) >= 11 is 0. The van der Waals surface area contributed by atoms with E-state index in [0.717, 1.165) is 37.1 Å². The molecule has 4 nitrogen and oxygen atoms in total. The maximum absolute atomic E-state index is 13.0. The van der Waals surface area contributed by atoms with Crippen molar-refractivity contribution in [3.05, 3.63) is 35.8 Å². The molecule has 0 saturated heterocycles. The Morgan fingerprint density at radius 3 is 2.58 bits per heavy atom. The standard InChI is InChI=1S/C14H18FN3O/c1-2-3-4-9-18-14(13(10-19)16-17-18)11-5-7-12(15)8-6-11/h5-8,19H,2-4,9-10H2,1H3. The van der Waals surface area contributed by atoms with Crippen molar-refractivity contribution in [1.29, 1.82) is 0 Å². The first kappa shape index (κ1) is 13.7. The van der Waals surface area contributed by atoms with Crippen molar-refractivity contribution in [2.24, 2.45) is 0 Å². The highest BCUT2D eigenvalue weighted by atomic mass is 19.1. The van der Waals surface area contributed by atoms with E-state index in [1.54, 1.807) is 16.8 Å². The second kappa shape index (κ2) is 6.43. The Morgan fingerprint density at radius 2 is 1.95 bits per heavy atom. The lowest BCUT2D eigenvalue weighted by molar-refractivity contribution is 0.277. The molecule has 0 unspecified atom stereocenters. The number of rotatable bonds is 6. The number of aryl methyl sites for hydroxylation is 1. The molecular formula is C14H18FN3O.